The van der Waals surface area contributed by atoms with Crippen LogP contribution in [0, 0.1) is 5.82 Å². The molecule has 3 rings (SSSR count). The molecule has 0 saturated heterocycles. The van der Waals surface area contributed by atoms with Crippen LogP contribution in [0.1, 0.15) is 10.4 Å². The second-order valence-corrected chi connectivity index (χ2v) is 8.95. The van der Waals surface area contributed by atoms with Crippen LogP contribution >= 0.6 is 15.9 Å². The first-order chi connectivity index (χ1) is 14.7. The van der Waals surface area contributed by atoms with E-state index in [1.807, 2.05) is 0 Å². The normalized spacial score (nSPS) is 10.9. The van der Waals surface area contributed by atoms with E-state index in [4.69, 9.17) is 0 Å². The molecule has 0 aliphatic carbocycles. The lowest BCUT2D eigenvalue weighted by Gasteiger charge is -2.11. The molecule has 0 atom stereocenters. The average Bonchev–Trinajstić information content (AvgIpc) is 2.74. The van der Waals surface area contributed by atoms with Gasteiger partial charge in [-0.1, -0.05) is 34.1 Å². The van der Waals surface area contributed by atoms with Crippen molar-refractivity contribution in [2.75, 3.05) is 16.6 Å². The van der Waals surface area contributed by atoms with Crippen molar-refractivity contribution in [2.24, 2.45) is 0 Å². The smallest absolute Gasteiger partial charge is 0.261 e. The minimum Gasteiger partial charge on any atom is -0.343 e. The fraction of sp³-hybridized carbons (Fsp3) is 0.0476. The predicted octanol–water partition coefficient (Wildman–Crippen LogP) is 3.76. The van der Waals surface area contributed by atoms with Crippen LogP contribution in [-0.4, -0.2) is 26.8 Å². The first-order valence-electron chi connectivity index (χ1n) is 8.95. The van der Waals surface area contributed by atoms with Crippen molar-refractivity contribution in [3.05, 3.63) is 88.6 Å². The molecule has 0 heterocycles. The van der Waals surface area contributed by atoms with Gasteiger partial charge in [-0.15, -0.1) is 0 Å². The standard InChI is InChI=1S/C21H17BrFN3O4S/c22-14-8-10-15(11-9-14)26-31(29,30)17-5-3-4-16(12-17)25-20(27)13-24-21(28)18-6-1-2-7-19(18)23/h1-12,26H,13H2,(H,24,28)(H,25,27). The highest BCUT2D eigenvalue weighted by Gasteiger charge is 2.16. The molecule has 0 radical (unpaired) electrons. The number of hydrogen-bond acceptors (Lipinski definition) is 4. The first-order valence-corrected chi connectivity index (χ1v) is 11.2. The Hall–Kier alpha value is -3.24. The summed E-state index contributed by atoms with van der Waals surface area (Å²) in [6.07, 6.45) is 0. The van der Waals surface area contributed by atoms with E-state index in [1.165, 1.54) is 42.5 Å². The van der Waals surface area contributed by atoms with E-state index in [-0.39, 0.29) is 16.1 Å². The molecule has 0 aliphatic rings. The van der Waals surface area contributed by atoms with Crippen LogP contribution < -0.4 is 15.4 Å². The number of anilines is 2. The Morgan fingerprint density at radius 2 is 1.61 bits per heavy atom. The number of hydrogen-bond donors (Lipinski definition) is 3. The van der Waals surface area contributed by atoms with Gasteiger partial charge in [0.25, 0.3) is 15.9 Å². The van der Waals surface area contributed by atoms with E-state index < -0.39 is 34.2 Å². The van der Waals surface area contributed by atoms with Crippen molar-refractivity contribution in [3.63, 3.8) is 0 Å². The Kier molecular flexibility index (Phi) is 7.03. The summed E-state index contributed by atoms with van der Waals surface area (Å²) in [5, 5.41) is 4.82. The number of carbonyl (C=O) groups excluding carboxylic acids is 2. The molecule has 10 heteroatoms. The molecule has 0 aliphatic heterocycles. The molecule has 3 aromatic rings. The van der Waals surface area contributed by atoms with Gasteiger partial charge in [0.05, 0.1) is 17.0 Å². The van der Waals surface area contributed by atoms with E-state index in [0.29, 0.717) is 5.69 Å². The Balaban J connectivity index is 1.63. The summed E-state index contributed by atoms with van der Waals surface area (Å²) in [4.78, 5) is 24.1. The lowest BCUT2D eigenvalue weighted by Crippen LogP contribution is -2.33. The van der Waals surface area contributed by atoms with Gasteiger partial charge in [0.1, 0.15) is 5.82 Å². The third kappa shape index (κ3) is 6.12. The van der Waals surface area contributed by atoms with Gasteiger partial charge in [-0.05, 0) is 54.6 Å². The van der Waals surface area contributed by atoms with Crippen LogP contribution in [0.25, 0.3) is 0 Å². The van der Waals surface area contributed by atoms with Gasteiger partial charge in [-0.3, -0.25) is 14.3 Å². The molecular weight excluding hydrogens is 489 g/mol. The number of rotatable bonds is 7. The molecule has 0 spiro atoms. The quantitative estimate of drug-likeness (QED) is 0.454. The molecule has 0 aromatic heterocycles. The molecule has 31 heavy (non-hydrogen) atoms. The number of halogens is 2. The van der Waals surface area contributed by atoms with Crippen LogP contribution in [0.2, 0.25) is 0 Å². The van der Waals surface area contributed by atoms with Crippen molar-refractivity contribution in [1.82, 2.24) is 5.32 Å². The van der Waals surface area contributed by atoms with Crippen LogP contribution in [0.3, 0.4) is 0 Å². The van der Waals surface area contributed by atoms with Crippen molar-refractivity contribution in [1.29, 1.82) is 0 Å². The molecule has 7 nitrogen and oxygen atoms in total. The average molecular weight is 506 g/mol. The highest BCUT2D eigenvalue weighted by Crippen LogP contribution is 2.21. The maximum absolute atomic E-state index is 13.6. The van der Waals surface area contributed by atoms with E-state index in [1.54, 1.807) is 24.3 Å². The summed E-state index contributed by atoms with van der Waals surface area (Å²) in [7, 11) is -3.88. The van der Waals surface area contributed by atoms with Crippen LogP contribution in [-0.2, 0) is 14.8 Å². The molecule has 0 unspecified atom stereocenters. The largest absolute Gasteiger partial charge is 0.343 e. The molecule has 3 N–H and O–H groups in total. The van der Waals surface area contributed by atoms with Gasteiger partial charge in [0.2, 0.25) is 5.91 Å². The Labute approximate surface area is 186 Å². The molecule has 0 bridgehead atoms. The van der Waals surface area contributed by atoms with Crippen LogP contribution in [0.5, 0.6) is 0 Å². The number of amides is 2. The van der Waals surface area contributed by atoms with Gasteiger partial charge in [0, 0.05) is 15.8 Å². The van der Waals surface area contributed by atoms with Crippen molar-refractivity contribution < 1.29 is 22.4 Å². The topological polar surface area (TPSA) is 104 Å². The summed E-state index contributed by atoms with van der Waals surface area (Å²) < 4.78 is 42.1. The van der Waals surface area contributed by atoms with Crippen molar-refractivity contribution >= 4 is 49.1 Å². The zero-order valence-corrected chi connectivity index (χ0v) is 18.3. The van der Waals surface area contributed by atoms with Crippen molar-refractivity contribution in [2.45, 2.75) is 4.90 Å². The summed E-state index contributed by atoms with van der Waals surface area (Å²) in [6, 6.07) is 17.7. The first kappa shape index (κ1) is 22.4. The highest BCUT2D eigenvalue weighted by molar-refractivity contribution is 9.10. The van der Waals surface area contributed by atoms with Gasteiger partial charge in [-0.2, -0.15) is 0 Å². The van der Waals surface area contributed by atoms with Gasteiger partial charge in [-0.25, -0.2) is 12.8 Å². The highest BCUT2D eigenvalue weighted by atomic mass is 79.9. The van der Waals surface area contributed by atoms with Crippen LogP contribution in [0.15, 0.2) is 82.2 Å². The van der Waals surface area contributed by atoms with Gasteiger partial charge < -0.3 is 10.6 Å². The van der Waals surface area contributed by atoms with E-state index in [0.717, 1.165) is 10.5 Å². The summed E-state index contributed by atoms with van der Waals surface area (Å²) in [6.45, 7) is -0.415. The Morgan fingerprint density at radius 3 is 2.32 bits per heavy atom. The Morgan fingerprint density at radius 1 is 0.903 bits per heavy atom. The minimum atomic E-state index is -3.88. The van der Waals surface area contributed by atoms with Crippen LogP contribution in [0.4, 0.5) is 15.8 Å². The molecular formula is C21H17BrFN3O4S. The molecule has 3 aromatic carbocycles. The zero-order chi connectivity index (χ0) is 22.4. The third-order valence-corrected chi connectivity index (χ3v) is 5.96. The predicted molar refractivity (Wildman–Crippen MR) is 119 cm³/mol. The van der Waals surface area contributed by atoms with E-state index in [9.17, 15) is 22.4 Å². The second-order valence-electron chi connectivity index (χ2n) is 6.35. The minimum absolute atomic E-state index is 0.0522. The van der Waals surface area contributed by atoms with E-state index >= 15 is 0 Å². The third-order valence-electron chi connectivity index (χ3n) is 4.05. The van der Waals surface area contributed by atoms with Gasteiger partial charge in [0.15, 0.2) is 0 Å². The Bertz CT molecular complexity index is 1220. The number of nitrogens with one attached hydrogen (secondary N) is 3. The molecule has 0 saturated carbocycles. The molecule has 0 fully saturated rings. The number of sulfonamides is 1. The van der Waals surface area contributed by atoms with Gasteiger partial charge >= 0.3 is 0 Å². The zero-order valence-electron chi connectivity index (χ0n) is 15.9. The number of carbonyl (C=O) groups is 2. The number of benzene rings is 3. The fourth-order valence-electron chi connectivity index (χ4n) is 2.58. The monoisotopic (exact) mass is 505 g/mol. The SMILES string of the molecule is O=C(CNC(=O)c1ccccc1F)Nc1cccc(S(=O)(=O)Nc2ccc(Br)cc2)c1. The summed E-state index contributed by atoms with van der Waals surface area (Å²) in [5.41, 5.74) is 0.430. The molecule has 160 valence electrons. The summed E-state index contributed by atoms with van der Waals surface area (Å²) in [5.74, 6) is -2.03. The molecule has 2 amide bonds. The fourth-order valence-corrected chi connectivity index (χ4v) is 3.95. The van der Waals surface area contributed by atoms with Crippen molar-refractivity contribution in [3.8, 4) is 0 Å². The maximum atomic E-state index is 13.6. The summed E-state index contributed by atoms with van der Waals surface area (Å²) >= 11 is 3.28. The maximum Gasteiger partial charge on any atom is 0.261 e. The second kappa shape index (κ2) is 9.71. The lowest BCUT2D eigenvalue weighted by atomic mass is 10.2. The van der Waals surface area contributed by atoms with E-state index in [2.05, 4.69) is 31.3 Å². The lowest BCUT2D eigenvalue weighted by molar-refractivity contribution is -0.115.